The molecule has 8 nitrogen and oxygen atoms in total. The van der Waals surface area contributed by atoms with Gasteiger partial charge in [-0.15, -0.1) is 0 Å². The minimum absolute atomic E-state index is 0.110. The first kappa shape index (κ1) is 18.4. The summed E-state index contributed by atoms with van der Waals surface area (Å²) in [6.07, 6.45) is 2.76. The summed E-state index contributed by atoms with van der Waals surface area (Å²) in [7, 11) is -1.05. The Bertz CT molecular complexity index is 882. The number of ether oxygens (including phenoxy) is 2. The van der Waals surface area contributed by atoms with Crippen LogP contribution in [0.15, 0.2) is 44.8 Å². The van der Waals surface area contributed by atoms with E-state index in [9.17, 15) is 13.2 Å². The molecular formula is C14H16BrN3O5S. The molecule has 1 heterocycles. The van der Waals surface area contributed by atoms with E-state index in [1.807, 2.05) is 0 Å². The molecule has 0 aliphatic rings. The maximum absolute atomic E-state index is 12.6. The predicted molar refractivity (Wildman–Crippen MR) is 91.8 cm³/mol. The Morgan fingerprint density at radius 1 is 1.33 bits per heavy atom. The van der Waals surface area contributed by atoms with Gasteiger partial charge in [0.15, 0.2) is 0 Å². The van der Waals surface area contributed by atoms with Gasteiger partial charge in [-0.3, -0.25) is 9.52 Å². The fourth-order valence-electron chi connectivity index (χ4n) is 1.80. The van der Waals surface area contributed by atoms with Gasteiger partial charge >= 0.3 is 0 Å². The molecule has 0 aliphatic heterocycles. The summed E-state index contributed by atoms with van der Waals surface area (Å²) >= 11 is 3.23. The van der Waals surface area contributed by atoms with Gasteiger partial charge in [0.1, 0.15) is 17.3 Å². The molecular weight excluding hydrogens is 402 g/mol. The van der Waals surface area contributed by atoms with Crippen molar-refractivity contribution in [3.05, 3.63) is 45.4 Å². The molecule has 0 fully saturated rings. The van der Waals surface area contributed by atoms with E-state index in [0.29, 0.717) is 11.1 Å². The van der Waals surface area contributed by atoms with Crippen LogP contribution in [-0.2, 0) is 21.8 Å². The van der Waals surface area contributed by atoms with Gasteiger partial charge in [-0.1, -0.05) is 15.9 Å². The fraction of sp³-hybridized carbons (Fsp3) is 0.286. The molecule has 0 aliphatic carbocycles. The zero-order chi connectivity index (χ0) is 17.7. The van der Waals surface area contributed by atoms with Gasteiger partial charge in [-0.25, -0.2) is 13.4 Å². The van der Waals surface area contributed by atoms with Crippen molar-refractivity contribution in [2.75, 3.05) is 25.0 Å². The zero-order valence-corrected chi connectivity index (χ0v) is 15.4. The van der Waals surface area contributed by atoms with Crippen LogP contribution in [0, 0.1) is 0 Å². The Hall–Kier alpha value is -1.91. The lowest BCUT2D eigenvalue weighted by Gasteiger charge is -2.13. The van der Waals surface area contributed by atoms with Crippen molar-refractivity contribution in [3.8, 4) is 5.75 Å². The first-order chi connectivity index (χ1) is 11.3. The predicted octanol–water partition coefficient (Wildman–Crippen LogP) is 1.37. The molecule has 0 bridgehead atoms. The highest BCUT2D eigenvalue weighted by atomic mass is 79.9. The van der Waals surface area contributed by atoms with Crippen molar-refractivity contribution in [1.82, 2.24) is 9.55 Å². The molecule has 0 radical (unpaired) electrons. The number of hydrogen-bond acceptors (Lipinski definition) is 6. The third-order valence-corrected chi connectivity index (χ3v) is 4.84. The van der Waals surface area contributed by atoms with Crippen LogP contribution in [0.4, 0.5) is 5.82 Å². The quantitative estimate of drug-likeness (QED) is 0.682. The SMILES string of the molecule is COCCOc1ccc(Br)cc1S(=O)(=O)Nc1nccn(C)c1=O. The number of halogens is 1. The molecule has 1 aromatic heterocycles. The number of aromatic nitrogens is 2. The van der Waals surface area contributed by atoms with Crippen LogP contribution in [0.3, 0.4) is 0 Å². The van der Waals surface area contributed by atoms with Gasteiger partial charge < -0.3 is 14.0 Å². The number of anilines is 1. The van der Waals surface area contributed by atoms with Crippen LogP contribution in [0.2, 0.25) is 0 Å². The maximum atomic E-state index is 12.6. The lowest BCUT2D eigenvalue weighted by Crippen LogP contribution is -2.25. The van der Waals surface area contributed by atoms with Crippen LogP contribution in [0.5, 0.6) is 5.75 Å². The van der Waals surface area contributed by atoms with Crippen molar-refractivity contribution in [1.29, 1.82) is 0 Å². The topological polar surface area (TPSA) is 99.5 Å². The van der Waals surface area contributed by atoms with Crippen molar-refractivity contribution in [2.45, 2.75) is 4.90 Å². The largest absolute Gasteiger partial charge is 0.490 e. The molecule has 0 atom stereocenters. The zero-order valence-electron chi connectivity index (χ0n) is 13.0. The van der Waals surface area contributed by atoms with Gasteiger partial charge in [0.05, 0.1) is 6.61 Å². The number of sulfonamides is 1. The van der Waals surface area contributed by atoms with Crippen molar-refractivity contribution >= 4 is 31.8 Å². The number of methoxy groups -OCH3 is 1. The second kappa shape index (κ2) is 7.77. The van der Waals surface area contributed by atoms with E-state index < -0.39 is 15.6 Å². The van der Waals surface area contributed by atoms with Crippen LogP contribution in [0.25, 0.3) is 0 Å². The number of nitrogens with zero attached hydrogens (tertiary/aromatic N) is 2. The molecule has 24 heavy (non-hydrogen) atoms. The van der Waals surface area contributed by atoms with Gasteiger partial charge in [0.25, 0.3) is 15.6 Å². The molecule has 2 aromatic rings. The average molecular weight is 418 g/mol. The van der Waals surface area contributed by atoms with E-state index in [1.54, 1.807) is 6.07 Å². The third-order valence-electron chi connectivity index (χ3n) is 2.99. The third kappa shape index (κ3) is 4.34. The minimum atomic E-state index is -4.06. The standard InChI is InChI=1S/C14H16BrN3O5S/c1-18-6-5-16-13(14(18)19)17-24(20,21)12-9-10(15)3-4-11(12)23-8-7-22-2/h3-6,9H,7-8H2,1-2H3,(H,16,17). The Morgan fingerprint density at radius 3 is 2.79 bits per heavy atom. The van der Waals surface area contributed by atoms with Gasteiger partial charge in [0.2, 0.25) is 5.82 Å². The molecule has 1 N–H and O–H groups in total. The van der Waals surface area contributed by atoms with Crippen LogP contribution < -0.4 is 15.0 Å². The molecule has 0 spiro atoms. The summed E-state index contributed by atoms with van der Waals surface area (Å²) in [4.78, 5) is 15.6. The van der Waals surface area contributed by atoms with Gasteiger partial charge in [-0.2, -0.15) is 0 Å². The number of aryl methyl sites for hydroxylation is 1. The molecule has 0 unspecified atom stereocenters. The van der Waals surface area contributed by atoms with Crippen molar-refractivity contribution in [3.63, 3.8) is 0 Å². The second-order valence-corrected chi connectivity index (χ2v) is 7.30. The summed E-state index contributed by atoms with van der Waals surface area (Å²) in [5.74, 6) is -0.140. The summed E-state index contributed by atoms with van der Waals surface area (Å²) in [5.41, 5.74) is -0.557. The Balaban J connectivity index is 2.39. The summed E-state index contributed by atoms with van der Waals surface area (Å²) < 4.78 is 39.6. The number of rotatable bonds is 7. The smallest absolute Gasteiger partial charge is 0.294 e. The van der Waals surface area contributed by atoms with E-state index >= 15 is 0 Å². The fourth-order valence-corrected chi connectivity index (χ4v) is 3.49. The highest BCUT2D eigenvalue weighted by Crippen LogP contribution is 2.28. The van der Waals surface area contributed by atoms with E-state index in [4.69, 9.17) is 9.47 Å². The maximum Gasteiger partial charge on any atom is 0.294 e. The molecule has 2 rings (SSSR count). The lowest BCUT2D eigenvalue weighted by molar-refractivity contribution is 0.144. The Morgan fingerprint density at radius 2 is 2.08 bits per heavy atom. The lowest BCUT2D eigenvalue weighted by atomic mass is 10.3. The minimum Gasteiger partial charge on any atom is -0.490 e. The molecule has 0 saturated heterocycles. The monoisotopic (exact) mass is 417 g/mol. The first-order valence-corrected chi connectivity index (χ1v) is 9.08. The number of hydrogen-bond donors (Lipinski definition) is 1. The highest BCUT2D eigenvalue weighted by molar-refractivity contribution is 9.10. The average Bonchev–Trinajstić information content (AvgIpc) is 2.53. The summed E-state index contributed by atoms with van der Waals surface area (Å²) in [6.45, 7) is 0.496. The molecule has 130 valence electrons. The van der Waals surface area contributed by atoms with E-state index in [2.05, 4.69) is 25.6 Å². The Kier molecular flexibility index (Phi) is 5.97. The van der Waals surface area contributed by atoms with Crippen molar-refractivity contribution in [2.24, 2.45) is 7.05 Å². The number of benzene rings is 1. The van der Waals surface area contributed by atoms with E-state index in [0.717, 1.165) is 0 Å². The van der Waals surface area contributed by atoms with Crippen LogP contribution in [-0.4, -0.2) is 38.3 Å². The van der Waals surface area contributed by atoms with Gasteiger partial charge in [-0.05, 0) is 18.2 Å². The first-order valence-electron chi connectivity index (χ1n) is 6.81. The van der Waals surface area contributed by atoms with Crippen LogP contribution in [0.1, 0.15) is 0 Å². The molecule has 10 heteroatoms. The molecule has 0 saturated carbocycles. The van der Waals surface area contributed by atoms with Crippen molar-refractivity contribution < 1.29 is 17.9 Å². The van der Waals surface area contributed by atoms with Crippen LogP contribution >= 0.6 is 15.9 Å². The van der Waals surface area contributed by atoms with Gasteiger partial charge in [0, 0.05) is 31.0 Å². The van der Waals surface area contributed by atoms with E-state index in [1.165, 1.54) is 43.3 Å². The molecule has 1 aromatic carbocycles. The summed E-state index contributed by atoms with van der Waals surface area (Å²) in [6, 6.07) is 4.56. The number of nitrogens with one attached hydrogen (secondary N) is 1. The summed E-state index contributed by atoms with van der Waals surface area (Å²) in [5, 5.41) is 0. The normalized spacial score (nSPS) is 11.3. The molecule has 0 amide bonds. The Labute approximate surface area is 147 Å². The second-order valence-electron chi connectivity index (χ2n) is 4.73. The van der Waals surface area contributed by atoms with E-state index in [-0.39, 0.29) is 23.1 Å². The highest BCUT2D eigenvalue weighted by Gasteiger charge is 2.22.